The predicted octanol–water partition coefficient (Wildman–Crippen LogP) is 2.43. The van der Waals surface area contributed by atoms with E-state index in [1.807, 2.05) is 11.8 Å². The van der Waals surface area contributed by atoms with Gasteiger partial charge < -0.3 is 10.6 Å². The van der Waals surface area contributed by atoms with Gasteiger partial charge in [0.15, 0.2) is 0 Å². The normalized spacial score (nSPS) is 12.1. The molecule has 4 heteroatoms. The molecule has 0 saturated heterocycles. The first-order valence-corrected chi connectivity index (χ1v) is 6.05. The summed E-state index contributed by atoms with van der Waals surface area (Å²) in [5.74, 6) is 0.151. The van der Waals surface area contributed by atoms with Crippen LogP contribution in [0.5, 0.6) is 0 Å². The molecule has 0 aliphatic heterocycles. The monoisotopic (exact) mass is 250 g/mol. The molecule has 0 rings (SSSR count). The summed E-state index contributed by atoms with van der Waals surface area (Å²) in [7, 11) is 0. The molecule has 0 radical (unpaired) electrons. The van der Waals surface area contributed by atoms with E-state index in [0.29, 0.717) is 6.54 Å². The van der Waals surface area contributed by atoms with E-state index < -0.39 is 0 Å². The second-order valence-electron chi connectivity index (χ2n) is 4.47. The highest BCUT2D eigenvalue weighted by atomic mass is 35.5. The Hall–Kier alpha value is -0.280. The van der Waals surface area contributed by atoms with E-state index in [4.69, 9.17) is 5.73 Å². The first-order valence-electron chi connectivity index (χ1n) is 6.05. The quantitative estimate of drug-likeness (QED) is 0.706. The fourth-order valence-electron chi connectivity index (χ4n) is 1.54. The van der Waals surface area contributed by atoms with Gasteiger partial charge in [-0.1, -0.05) is 26.7 Å². The van der Waals surface area contributed by atoms with Crippen molar-refractivity contribution in [1.29, 1.82) is 0 Å². The minimum Gasteiger partial charge on any atom is -0.340 e. The van der Waals surface area contributed by atoms with Crippen LogP contribution in [-0.2, 0) is 4.79 Å². The number of hydrogen-bond acceptors (Lipinski definition) is 2. The zero-order valence-electron chi connectivity index (χ0n) is 11.0. The molecule has 0 aliphatic rings. The molecule has 1 amide bonds. The number of carbonyl (C=O) groups is 1. The first-order chi connectivity index (χ1) is 7.04. The van der Waals surface area contributed by atoms with Crippen molar-refractivity contribution in [3.63, 3.8) is 0 Å². The van der Waals surface area contributed by atoms with E-state index in [9.17, 15) is 4.79 Å². The van der Waals surface area contributed by atoms with Crippen molar-refractivity contribution in [2.75, 3.05) is 13.1 Å². The largest absolute Gasteiger partial charge is 0.340 e. The maximum atomic E-state index is 12.0. The van der Waals surface area contributed by atoms with Crippen LogP contribution in [0.3, 0.4) is 0 Å². The van der Waals surface area contributed by atoms with Gasteiger partial charge in [0.05, 0.1) is 0 Å². The lowest BCUT2D eigenvalue weighted by Gasteiger charge is -2.29. The van der Waals surface area contributed by atoms with Gasteiger partial charge in [0, 0.05) is 25.0 Å². The van der Waals surface area contributed by atoms with Crippen molar-refractivity contribution in [3.05, 3.63) is 0 Å². The topological polar surface area (TPSA) is 46.3 Å². The molecule has 1 unspecified atom stereocenters. The maximum Gasteiger partial charge on any atom is 0.226 e. The molecule has 1 atom stereocenters. The highest BCUT2D eigenvalue weighted by Crippen LogP contribution is 2.08. The highest BCUT2D eigenvalue weighted by Gasteiger charge is 2.20. The lowest BCUT2D eigenvalue weighted by Crippen LogP contribution is -2.42. The lowest BCUT2D eigenvalue weighted by atomic mass is 10.1. The standard InChI is InChI=1S/C12H26N2O.ClH/c1-5-6-7-8-14(10(2)3)12(15)11(4)9-13;/h10-11H,5-9,13H2,1-4H3;1H. The van der Waals surface area contributed by atoms with E-state index in [2.05, 4.69) is 20.8 Å². The summed E-state index contributed by atoms with van der Waals surface area (Å²) < 4.78 is 0. The summed E-state index contributed by atoms with van der Waals surface area (Å²) in [4.78, 5) is 13.9. The van der Waals surface area contributed by atoms with Crippen LogP contribution in [0.1, 0.15) is 47.0 Å². The van der Waals surface area contributed by atoms with E-state index >= 15 is 0 Å². The number of nitrogens with two attached hydrogens (primary N) is 1. The van der Waals surface area contributed by atoms with Gasteiger partial charge in [0.25, 0.3) is 0 Å². The number of halogens is 1. The zero-order chi connectivity index (χ0) is 11.8. The average Bonchev–Trinajstić information content (AvgIpc) is 2.22. The number of nitrogens with zero attached hydrogens (tertiary/aromatic N) is 1. The summed E-state index contributed by atoms with van der Waals surface area (Å²) in [6.07, 6.45) is 3.47. The van der Waals surface area contributed by atoms with Gasteiger partial charge in [-0.2, -0.15) is 0 Å². The van der Waals surface area contributed by atoms with Crippen LogP contribution >= 0.6 is 12.4 Å². The molecule has 0 fully saturated rings. The number of unbranched alkanes of at least 4 members (excludes halogenated alkanes) is 2. The maximum absolute atomic E-state index is 12.0. The Morgan fingerprint density at radius 2 is 1.81 bits per heavy atom. The van der Waals surface area contributed by atoms with Gasteiger partial charge in [-0.25, -0.2) is 0 Å². The minimum absolute atomic E-state index is 0. The number of hydrogen-bond donors (Lipinski definition) is 1. The van der Waals surface area contributed by atoms with Gasteiger partial charge in [0.1, 0.15) is 0 Å². The molecule has 0 aromatic rings. The van der Waals surface area contributed by atoms with Crippen LogP contribution in [0.4, 0.5) is 0 Å². The van der Waals surface area contributed by atoms with E-state index in [1.54, 1.807) is 0 Å². The third kappa shape index (κ3) is 6.33. The van der Waals surface area contributed by atoms with Gasteiger partial charge in [-0.15, -0.1) is 12.4 Å². The lowest BCUT2D eigenvalue weighted by molar-refractivity contribution is -0.136. The minimum atomic E-state index is -0.0472. The van der Waals surface area contributed by atoms with Gasteiger partial charge in [-0.3, -0.25) is 4.79 Å². The number of carbonyl (C=O) groups excluding carboxylic acids is 1. The smallest absolute Gasteiger partial charge is 0.226 e. The molecular formula is C12H27ClN2O. The molecule has 0 bridgehead atoms. The van der Waals surface area contributed by atoms with E-state index in [0.717, 1.165) is 13.0 Å². The van der Waals surface area contributed by atoms with Crippen molar-refractivity contribution < 1.29 is 4.79 Å². The average molecular weight is 251 g/mol. The molecule has 2 N–H and O–H groups in total. The predicted molar refractivity (Wildman–Crippen MR) is 71.8 cm³/mol. The third-order valence-corrected chi connectivity index (χ3v) is 2.68. The van der Waals surface area contributed by atoms with Gasteiger partial charge in [0.2, 0.25) is 5.91 Å². The van der Waals surface area contributed by atoms with Crippen molar-refractivity contribution >= 4 is 18.3 Å². The number of amides is 1. The molecule has 0 saturated carbocycles. The van der Waals surface area contributed by atoms with Crippen LogP contribution in [0, 0.1) is 5.92 Å². The Morgan fingerprint density at radius 1 is 1.25 bits per heavy atom. The molecular weight excluding hydrogens is 224 g/mol. The second kappa shape index (κ2) is 9.91. The van der Waals surface area contributed by atoms with Gasteiger partial charge in [-0.05, 0) is 20.3 Å². The fraction of sp³-hybridized carbons (Fsp3) is 0.917. The Morgan fingerprint density at radius 3 is 2.19 bits per heavy atom. The SMILES string of the molecule is CCCCCN(C(=O)C(C)CN)C(C)C.Cl. The molecule has 0 aliphatic carbocycles. The fourth-order valence-corrected chi connectivity index (χ4v) is 1.54. The van der Waals surface area contributed by atoms with Crippen molar-refractivity contribution in [2.24, 2.45) is 11.7 Å². The Kier molecular flexibility index (Phi) is 11.2. The van der Waals surface area contributed by atoms with Crippen LogP contribution in [0.25, 0.3) is 0 Å². The van der Waals surface area contributed by atoms with Crippen molar-refractivity contribution in [1.82, 2.24) is 4.90 Å². The summed E-state index contributed by atoms with van der Waals surface area (Å²) in [6, 6.07) is 0.281. The molecule has 0 spiro atoms. The first kappa shape index (κ1) is 18.1. The second-order valence-corrected chi connectivity index (χ2v) is 4.47. The number of rotatable bonds is 7. The van der Waals surface area contributed by atoms with Crippen LogP contribution in [0.15, 0.2) is 0 Å². The van der Waals surface area contributed by atoms with Crippen LogP contribution < -0.4 is 5.73 Å². The zero-order valence-corrected chi connectivity index (χ0v) is 11.8. The van der Waals surface area contributed by atoms with Crippen molar-refractivity contribution in [2.45, 2.75) is 53.0 Å². The molecule has 0 heterocycles. The summed E-state index contributed by atoms with van der Waals surface area (Å²) >= 11 is 0. The Labute approximate surface area is 106 Å². The highest BCUT2D eigenvalue weighted by molar-refractivity contribution is 5.85. The Bertz CT molecular complexity index is 186. The third-order valence-electron chi connectivity index (χ3n) is 2.68. The summed E-state index contributed by atoms with van der Waals surface area (Å²) in [6.45, 7) is 9.51. The molecule has 0 aromatic carbocycles. The molecule has 16 heavy (non-hydrogen) atoms. The molecule has 0 aromatic heterocycles. The molecule has 3 nitrogen and oxygen atoms in total. The van der Waals surface area contributed by atoms with E-state index in [1.165, 1.54) is 12.8 Å². The Balaban J connectivity index is 0. The van der Waals surface area contributed by atoms with Crippen LogP contribution in [-0.4, -0.2) is 29.9 Å². The summed E-state index contributed by atoms with van der Waals surface area (Å²) in [5, 5.41) is 0. The van der Waals surface area contributed by atoms with E-state index in [-0.39, 0.29) is 30.3 Å². The van der Waals surface area contributed by atoms with Crippen molar-refractivity contribution in [3.8, 4) is 0 Å². The van der Waals surface area contributed by atoms with Crippen LogP contribution in [0.2, 0.25) is 0 Å². The summed E-state index contributed by atoms with van der Waals surface area (Å²) in [5.41, 5.74) is 5.52. The van der Waals surface area contributed by atoms with Gasteiger partial charge >= 0.3 is 0 Å². The molecule has 98 valence electrons.